The molecule has 0 saturated heterocycles. The van der Waals surface area contributed by atoms with Crippen molar-refractivity contribution in [1.29, 1.82) is 0 Å². The lowest BCUT2D eigenvalue weighted by molar-refractivity contribution is -0.120. The van der Waals surface area contributed by atoms with Crippen LogP contribution in [0.5, 0.6) is 5.75 Å². The molecule has 2 aromatic rings. The number of nitrogens with one attached hydrogen (secondary N) is 1. The van der Waals surface area contributed by atoms with Crippen molar-refractivity contribution >= 4 is 5.91 Å². The number of hydrogen-bond donors (Lipinski definition) is 1. The molecule has 22 heavy (non-hydrogen) atoms. The molecule has 2 rings (SSSR count). The fourth-order valence-electron chi connectivity index (χ4n) is 2.42. The summed E-state index contributed by atoms with van der Waals surface area (Å²) in [7, 11) is 0. The smallest absolute Gasteiger partial charge is 0.224 e. The van der Waals surface area contributed by atoms with Crippen molar-refractivity contribution in [3.63, 3.8) is 0 Å². The highest BCUT2D eigenvalue weighted by atomic mass is 16.5. The van der Waals surface area contributed by atoms with Gasteiger partial charge in [-0.05, 0) is 38.0 Å². The highest BCUT2D eigenvalue weighted by molar-refractivity contribution is 5.79. The minimum atomic E-state index is 0.0262. The molecule has 0 heterocycles. The number of hydrogen-bond acceptors (Lipinski definition) is 2. The maximum absolute atomic E-state index is 12.1. The van der Waals surface area contributed by atoms with Crippen LogP contribution in [0, 0.1) is 13.8 Å². The normalized spacial score (nSPS) is 10.3. The Morgan fingerprint density at radius 1 is 1.09 bits per heavy atom. The number of benzene rings is 2. The Bertz CT molecular complexity index is 650. The van der Waals surface area contributed by atoms with Crippen molar-refractivity contribution in [2.45, 2.75) is 33.7 Å². The molecule has 0 saturated carbocycles. The summed E-state index contributed by atoms with van der Waals surface area (Å²) in [6.07, 6.45) is 0.406. The number of aryl methyl sites for hydroxylation is 2. The van der Waals surface area contributed by atoms with Crippen LogP contribution in [0.3, 0.4) is 0 Å². The van der Waals surface area contributed by atoms with Gasteiger partial charge in [-0.2, -0.15) is 0 Å². The topological polar surface area (TPSA) is 38.3 Å². The van der Waals surface area contributed by atoms with E-state index in [9.17, 15) is 4.79 Å². The van der Waals surface area contributed by atoms with E-state index in [-0.39, 0.29) is 5.91 Å². The Kier molecular flexibility index (Phi) is 5.59. The first-order valence-corrected chi connectivity index (χ1v) is 7.63. The molecule has 3 heteroatoms. The first-order valence-electron chi connectivity index (χ1n) is 7.63. The minimum absolute atomic E-state index is 0.0262. The second-order valence-electron chi connectivity index (χ2n) is 5.42. The first kappa shape index (κ1) is 16.1. The zero-order chi connectivity index (χ0) is 15.9. The quantitative estimate of drug-likeness (QED) is 0.885. The summed E-state index contributed by atoms with van der Waals surface area (Å²) in [5.41, 5.74) is 4.44. The van der Waals surface area contributed by atoms with E-state index in [1.807, 2.05) is 50.2 Å². The first-order chi connectivity index (χ1) is 10.6. The van der Waals surface area contributed by atoms with Gasteiger partial charge in [-0.1, -0.05) is 42.0 Å². The van der Waals surface area contributed by atoms with Gasteiger partial charge in [-0.25, -0.2) is 0 Å². The Hall–Kier alpha value is -2.29. The average Bonchev–Trinajstić information content (AvgIpc) is 2.49. The van der Waals surface area contributed by atoms with Crippen molar-refractivity contribution in [3.05, 3.63) is 64.7 Å². The van der Waals surface area contributed by atoms with Crippen molar-refractivity contribution in [1.82, 2.24) is 5.32 Å². The third-order valence-corrected chi connectivity index (χ3v) is 3.60. The summed E-state index contributed by atoms with van der Waals surface area (Å²) in [4.78, 5) is 12.1. The van der Waals surface area contributed by atoms with Gasteiger partial charge in [0.1, 0.15) is 5.75 Å². The van der Waals surface area contributed by atoms with Crippen LogP contribution in [-0.4, -0.2) is 12.5 Å². The summed E-state index contributed by atoms with van der Waals surface area (Å²) in [5.74, 6) is 0.857. The van der Waals surface area contributed by atoms with E-state index in [0.29, 0.717) is 19.6 Å². The van der Waals surface area contributed by atoms with E-state index < -0.39 is 0 Å². The second kappa shape index (κ2) is 7.64. The van der Waals surface area contributed by atoms with Gasteiger partial charge in [-0.3, -0.25) is 4.79 Å². The summed E-state index contributed by atoms with van der Waals surface area (Å²) in [6.45, 7) is 7.16. The molecule has 0 bridgehead atoms. The fraction of sp³-hybridized carbons (Fsp3) is 0.316. The van der Waals surface area contributed by atoms with Crippen molar-refractivity contribution in [3.8, 4) is 5.75 Å². The molecule has 0 atom stereocenters. The van der Waals surface area contributed by atoms with Gasteiger partial charge in [-0.15, -0.1) is 0 Å². The van der Waals surface area contributed by atoms with Crippen LogP contribution >= 0.6 is 0 Å². The Labute approximate surface area is 132 Å². The van der Waals surface area contributed by atoms with Crippen LogP contribution in [0.2, 0.25) is 0 Å². The molecule has 0 aliphatic rings. The summed E-state index contributed by atoms with van der Waals surface area (Å²) < 4.78 is 5.57. The zero-order valence-electron chi connectivity index (χ0n) is 13.5. The van der Waals surface area contributed by atoms with Crippen LogP contribution in [0.25, 0.3) is 0 Å². The van der Waals surface area contributed by atoms with E-state index in [4.69, 9.17) is 4.74 Å². The molecule has 0 aliphatic carbocycles. The lowest BCUT2D eigenvalue weighted by Gasteiger charge is -2.11. The summed E-state index contributed by atoms with van der Waals surface area (Å²) >= 11 is 0. The maximum Gasteiger partial charge on any atom is 0.224 e. The Morgan fingerprint density at radius 2 is 1.86 bits per heavy atom. The van der Waals surface area contributed by atoms with E-state index in [1.54, 1.807) is 0 Å². The standard InChI is InChI=1S/C19H23NO2/c1-4-22-18-8-6-5-7-17(18)13-20-19(21)12-16-10-9-14(2)11-15(16)3/h5-11H,4,12-13H2,1-3H3,(H,20,21). The number of ether oxygens (including phenoxy) is 1. The molecule has 116 valence electrons. The zero-order valence-corrected chi connectivity index (χ0v) is 13.5. The number of amides is 1. The van der Waals surface area contributed by atoms with Crippen molar-refractivity contribution in [2.75, 3.05) is 6.61 Å². The van der Waals surface area contributed by atoms with Crippen LogP contribution < -0.4 is 10.1 Å². The highest BCUT2D eigenvalue weighted by Crippen LogP contribution is 2.17. The molecule has 0 spiro atoms. The number of rotatable bonds is 6. The number of para-hydroxylation sites is 1. The molecule has 0 aliphatic heterocycles. The monoisotopic (exact) mass is 297 g/mol. The molecule has 1 N–H and O–H groups in total. The molecule has 0 aromatic heterocycles. The molecule has 0 fully saturated rings. The van der Waals surface area contributed by atoms with Gasteiger partial charge in [0.05, 0.1) is 13.0 Å². The largest absolute Gasteiger partial charge is 0.494 e. The van der Waals surface area contributed by atoms with E-state index in [0.717, 1.165) is 22.4 Å². The second-order valence-corrected chi connectivity index (χ2v) is 5.42. The van der Waals surface area contributed by atoms with Crippen LogP contribution in [0.1, 0.15) is 29.2 Å². The van der Waals surface area contributed by atoms with Crippen molar-refractivity contribution in [2.24, 2.45) is 0 Å². The average molecular weight is 297 g/mol. The molecule has 0 unspecified atom stereocenters. The van der Waals surface area contributed by atoms with E-state index >= 15 is 0 Å². The lowest BCUT2D eigenvalue weighted by atomic mass is 10.0. The molecular weight excluding hydrogens is 274 g/mol. The number of carbonyl (C=O) groups excluding carboxylic acids is 1. The third-order valence-electron chi connectivity index (χ3n) is 3.60. The van der Waals surface area contributed by atoms with Crippen LogP contribution in [-0.2, 0) is 17.8 Å². The SMILES string of the molecule is CCOc1ccccc1CNC(=O)Cc1ccc(C)cc1C. The van der Waals surface area contributed by atoms with Gasteiger partial charge < -0.3 is 10.1 Å². The highest BCUT2D eigenvalue weighted by Gasteiger charge is 2.08. The van der Waals surface area contributed by atoms with E-state index in [1.165, 1.54) is 5.56 Å². The minimum Gasteiger partial charge on any atom is -0.494 e. The molecule has 1 amide bonds. The molecular formula is C19H23NO2. The van der Waals surface area contributed by atoms with E-state index in [2.05, 4.69) is 18.3 Å². The molecule has 3 nitrogen and oxygen atoms in total. The number of carbonyl (C=O) groups is 1. The van der Waals surface area contributed by atoms with Gasteiger partial charge in [0.25, 0.3) is 0 Å². The summed E-state index contributed by atoms with van der Waals surface area (Å²) in [6, 6.07) is 14.0. The van der Waals surface area contributed by atoms with Crippen molar-refractivity contribution < 1.29 is 9.53 Å². The van der Waals surface area contributed by atoms with Gasteiger partial charge in [0, 0.05) is 12.1 Å². The fourth-order valence-corrected chi connectivity index (χ4v) is 2.42. The van der Waals surface area contributed by atoms with Gasteiger partial charge in [0.15, 0.2) is 0 Å². The summed E-state index contributed by atoms with van der Waals surface area (Å²) in [5, 5.41) is 2.97. The van der Waals surface area contributed by atoms with Crippen LogP contribution in [0.4, 0.5) is 0 Å². The predicted octanol–water partition coefficient (Wildman–Crippen LogP) is 3.56. The molecule has 0 radical (unpaired) electrons. The van der Waals surface area contributed by atoms with Gasteiger partial charge >= 0.3 is 0 Å². The predicted molar refractivity (Wildman–Crippen MR) is 89.1 cm³/mol. The van der Waals surface area contributed by atoms with Gasteiger partial charge in [0.2, 0.25) is 5.91 Å². The lowest BCUT2D eigenvalue weighted by Crippen LogP contribution is -2.25. The molecule has 2 aromatic carbocycles. The Balaban J connectivity index is 1.95. The third kappa shape index (κ3) is 4.35. The van der Waals surface area contributed by atoms with Crippen LogP contribution in [0.15, 0.2) is 42.5 Å². The Morgan fingerprint density at radius 3 is 2.59 bits per heavy atom. The maximum atomic E-state index is 12.1.